The lowest BCUT2D eigenvalue weighted by Gasteiger charge is -2.35. The van der Waals surface area contributed by atoms with Crippen LogP contribution in [0.3, 0.4) is 0 Å². The summed E-state index contributed by atoms with van der Waals surface area (Å²) >= 11 is 0. The molecule has 0 bridgehead atoms. The van der Waals surface area contributed by atoms with E-state index in [9.17, 15) is 4.79 Å². The van der Waals surface area contributed by atoms with Gasteiger partial charge in [0.1, 0.15) is 5.78 Å². The van der Waals surface area contributed by atoms with Crippen molar-refractivity contribution < 1.29 is 4.79 Å². The van der Waals surface area contributed by atoms with E-state index in [0.717, 1.165) is 12.3 Å². The first-order valence-corrected chi connectivity index (χ1v) is 7.76. The van der Waals surface area contributed by atoms with Gasteiger partial charge in [-0.25, -0.2) is 0 Å². The maximum absolute atomic E-state index is 12.8. The average molecular weight is 236 g/mol. The van der Waals surface area contributed by atoms with Crippen molar-refractivity contribution in [1.82, 2.24) is 0 Å². The molecular formula is C16H28O. The highest BCUT2D eigenvalue weighted by Gasteiger charge is 2.43. The van der Waals surface area contributed by atoms with Gasteiger partial charge in [0.05, 0.1) is 0 Å². The Kier molecular flexibility index (Phi) is 4.27. The molecule has 0 aliphatic heterocycles. The van der Waals surface area contributed by atoms with Crippen LogP contribution < -0.4 is 0 Å². The molecule has 0 aromatic heterocycles. The predicted octanol–water partition coefficient (Wildman–Crippen LogP) is 4.74. The maximum Gasteiger partial charge on any atom is 0.142 e. The molecule has 0 radical (unpaired) electrons. The van der Waals surface area contributed by atoms with Crippen LogP contribution in [0.5, 0.6) is 0 Å². The molecule has 0 N–H and O–H groups in total. The van der Waals surface area contributed by atoms with Gasteiger partial charge in [0.25, 0.3) is 0 Å². The fraction of sp³-hybridized carbons (Fsp3) is 0.938. The number of carbonyl (C=O) groups excluding carboxylic acids is 1. The standard InChI is InChI=1S/C16H28O/c1-3-13-8-7-9-14(12-13)15(17)16(4-2)10-5-6-11-16/h13-14H,3-12H2,1-2H3. The Labute approximate surface area is 106 Å². The summed E-state index contributed by atoms with van der Waals surface area (Å²) in [5, 5.41) is 0. The molecule has 2 unspecified atom stereocenters. The molecule has 2 fully saturated rings. The van der Waals surface area contributed by atoms with Crippen molar-refractivity contribution in [3.63, 3.8) is 0 Å². The van der Waals surface area contributed by atoms with Gasteiger partial charge in [0.2, 0.25) is 0 Å². The number of Topliss-reactive ketones (excluding diaryl/α,β-unsaturated/α-hetero) is 1. The average Bonchev–Trinajstić information content (AvgIpc) is 2.88. The lowest BCUT2D eigenvalue weighted by Crippen LogP contribution is -2.35. The quantitative estimate of drug-likeness (QED) is 0.689. The molecule has 17 heavy (non-hydrogen) atoms. The van der Waals surface area contributed by atoms with Crippen molar-refractivity contribution in [3.05, 3.63) is 0 Å². The molecule has 0 saturated heterocycles. The van der Waals surface area contributed by atoms with Crippen molar-refractivity contribution in [1.29, 1.82) is 0 Å². The Balaban J connectivity index is 2.03. The van der Waals surface area contributed by atoms with E-state index < -0.39 is 0 Å². The van der Waals surface area contributed by atoms with Crippen molar-refractivity contribution in [3.8, 4) is 0 Å². The Morgan fingerprint density at radius 3 is 2.41 bits per heavy atom. The molecule has 2 rings (SSSR count). The molecule has 0 aromatic carbocycles. The van der Waals surface area contributed by atoms with Crippen molar-refractivity contribution in [2.45, 2.75) is 78.1 Å². The summed E-state index contributed by atoms with van der Waals surface area (Å²) in [4.78, 5) is 12.8. The molecule has 2 saturated carbocycles. The lowest BCUT2D eigenvalue weighted by molar-refractivity contribution is -0.134. The minimum atomic E-state index is 0.0975. The van der Waals surface area contributed by atoms with Crippen molar-refractivity contribution in [2.75, 3.05) is 0 Å². The first-order chi connectivity index (χ1) is 8.22. The fourth-order valence-corrected chi connectivity index (χ4v) is 4.16. The second-order valence-electron chi connectivity index (χ2n) is 6.34. The Morgan fingerprint density at radius 2 is 1.82 bits per heavy atom. The third-order valence-corrected chi connectivity index (χ3v) is 5.49. The van der Waals surface area contributed by atoms with E-state index in [0.29, 0.717) is 11.7 Å². The topological polar surface area (TPSA) is 17.1 Å². The van der Waals surface area contributed by atoms with Gasteiger partial charge in [-0.15, -0.1) is 0 Å². The van der Waals surface area contributed by atoms with Gasteiger partial charge in [-0.3, -0.25) is 4.79 Å². The van der Waals surface area contributed by atoms with Gasteiger partial charge in [-0.05, 0) is 38.0 Å². The SMILES string of the molecule is CCC1CCCC(C(=O)C2(CC)CCCC2)C1. The van der Waals surface area contributed by atoms with Gasteiger partial charge in [-0.2, -0.15) is 0 Å². The minimum Gasteiger partial charge on any atom is -0.299 e. The van der Waals surface area contributed by atoms with E-state index in [4.69, 9.17) is 0 Å². The van der Waals surface area contributed by atoms with Gasteiger partial charge < -0.3 is 0 Å². The Bertz CT molecular complexity index is 263. The van der Waals surface area contributed by atoms with Crippen molar-refractivity contribution >= 4 is 5.78 Å². The molecule has 1 heteroatoms. The minimum absolute atomic E-state index is 0.0975. The van der Waals surface area contributed by atoms with Crippen LogP contribution in [-0.4, -0.2) is 5.78 Å². The summed E-state index contributed by atoms with van der Waals surface area (Å²) in [5.41, 5.74) is 0.0975. The summed E-state index contributed by atoms with van der Waals surface area (Å²) in [6.07, 6.45) is 12.3. The normalized spacial score (nSPS) is 32.6. The lowest BCUT2D eigenvalue weighted by atomic mass is 9.68. The van der Waals surface area contributed by atoms with Gasteiger partial charge in [0, 0.05) is 11.3 Å². The van der Waals surface area contributed by atoms with Crippen molar-refractivity contribution in [2.24, 2.45) is 17.3 Å². The van der Waals surface area contributed by atoms with Crippen LogP contribution in [-0.2, 0) is 4.79 Å². The molecule has 2 aliphatic carbocycles. The number of hydrogen-bond donors (Lipinski definition) is 0. The molecular weight excluding hydrogens is 208 g/mol. The molecule has 2 aliphatic rings. The molecule has 1 nitrogen and oxygen atoms in total. The smallest absolute Gasteiger partial charge is 0.142 e. The van der Waals surface area contributed by atoms with Crippen LogP contribution >= 0.6 is 0 Å². The second kappa shape index (κ2) is 5.54. The molecule has 0 aromatic rings. The van der Waals surface area contributed by atoms with Gasteiger partial charge in [-0.1, -0.05) is 46.0 Å². The van der Waals surface area contributed by atoms with E-state index in [-0.39, 0.29) is 5.41 Å². The highest BCUT2D eigenvalue weighted by molar-refractivity contribution is 5.87. The van der Waals surface area contributed by atoms with Gasteiger partial charge >= 0.3 is 0 Å². The zero-order valence-electron chi connectivity index (χ0n) is 11.6. The Hall–Kier alpha value is -0.330. The van der Waals surface area contributed by atoms with E-state index in [1.54, 1.807) is 0 Å². The molecule has 2 atom stereocenters. The summed E-state index contributed by atoms with van der Waals surface area (Å²) < 4.78 is 0. The summed E-state index contributed by atoms with van der Waals surface area (Å²) in [5.74, 6) is 1.88. The van der Waals surface area contributed by atoms with Crippen LogP contribution in [0.4, 0.5) is 0 Å². The van der Waals surface area contributed by atoms with E-state index in [2.05, 4.69) is 13.8 Å². The van der Waals surface area contributed by atoms with Crippen LogP contribution in [0, 0.1) is 17.3 Å². The molecule has 0 spiro atoms. The summed E-state index contributed by atoms with van der Waals surface area (Å²) in [6, 6.07) is 0. The number of carbonyl (C=O) groups is 1. The molecule has 98 valence electrons. The highest BCUT2D eigenvalue weighted by Crippen LogP contribution is 2.46. The van der Waals surface area contributed by atoms with E-state index >= 15 is 0 Å². The first kappa shape index (κ1) is 13.1. The predicted molar refractivity (Wildman–Crippen MR) is 71.9 cm³/mol. The Morgan fingerprint density at radius 1 is 1.12 bits per heavy atom. The number of ketones is 1. The number of rotatable bonds is 4. The van der Waals surface area contributed by atoms with Crippen LogP contribution in [0.2, 0.25) is 0 Å². The van der Waals surface area contributed by atoms with Crippen LogP contribution in [0.1, 0.15) is 78.1 Å². The van der Waals surface area contributed by atoms with E-state index in [1.165, 1.54) is 57.8 Å². The van der Waals surface area contributed by atoms with Gasteiger partial charge in [0.15, 0.2) is 0 Å². The van der Waals surface area contributed by atoms with Crippen LogP contribution in [0.15, 0.2) is 0 Å². The second-order valence-corrected chi connectivity index (χ2v) is 6.34. The first-order valence-electron chi connectivity index (χ1n) is 7.76. The third-order valence-electron chi connectivity index (χ3n) is 5.49. The fourth-order valence-electron chi connectivity index (χ4n) is 4.16. The zero-order chi connectivity index (χ0) is 12.3. The summed E-state index contributed by atoms with van der Waals surface area (Å²) in [7, 11) is 0. The largest absolute Gasteiger partial charge is 0.299 e. The molecule has 0 amide bonds. The monoisotopic (exact) mass is 236 g/mol. The summed E-state index contributed by atoms with van der Waals surface area (Å²) in [6.45, 7) is 4.51. The third kappa shape index (κ3) is 2.58. The maximum atomic E-state index is 12.8. The van der Waals surface area contributed by atoms with Crippen LogP contribution in [0.25, 0.3) is 0 Å². The number of hydrogen-bond acceptors (Lipinski definition) is 1. The molecule has 0 heterocycles. The van der Waals surface area contributed by atoms with E-state index in [1.807, 2.05) is 0 Å². The zero-order valence-corrected chi connectivity index (χ0v) is 11.6. The highest BCUT2D eigenvalue weighted by atomic mass is 16.1.